The SMILES string of the molecule is Cc1c(S)ccc(-c2ccccc2)c1-c1ccccc1.Cc1ccc(S(=O)(=O)O)cc1.[N-]=[N+]=C(S(=O)(=O)C1CCCCC1)S(=O)(=O)C1CCCCC1. The van der Waals surface area contributed by atoms with Crippen molar-refractivity contribution in [3.05, 3.63) is 114 Å². The third kappa shape index (κ3) is 10.5. The fraction of sp³-hybridized carbons (Fsp3) is 0.359. The maximum Gasteiger partial charge on any atom is 0.495 e. The number of hydrogen-bond donors (Lipinski definition) is 2. The van der Waals surface area contributed by atoms with E-state index in [0.29, 0.717) is 25.7 Å². The predicted octanol–water partition coefficient (Wildman–Crippen LogP) is 8.93. The van der Waals surface area contributed by atoms with Crippen molar-refractivity contribution in [1.29, 1.82) is 0 Å². The Morgan fingerprint density at radius 3 is 1.50 bits per heavy atom. The zero-order valence-corrected chi connectivity index (χ0v) is 32.8. The Hall–Kier alpha value is -3.58. The number of hydrogen-bond acceptors (Lipinski definition) is 7. The summed E-state index contributed by atoms with van der Waals surface area (Å²) in [7, 11) is -12.2. The van der Waals surface area contributed by atoms with Gasteiger partial charge >= 0.3 is 4.38 Å². The zero-order chi connectivity index (χ0) is 37.9. The first-order valence-corrected chi connectivity index (χ1v) is 22.3. The summed E-state index contributed by atoms with van der Waals surface area (Å²) in [6.07, 6.45) is 6.79. The summed E-state index contributed by atoms with van der Waals surface area (Å²) in [5.41, 5.74) is 16.3. The van der Waals surface area contributed by atoms with E-state index in [1.807, 2.05) is 19.1 Å². The van der Waals surface area contributed by atoms with Gasteiger partial charge in [-0.1, -0.05) is 123 Å². The summed E-state index contributed by atoms with van der Waals surface area (Å²) in [5, 5.41) is -1.45. The summed E-state index contributed by atoms with van der Waals surface area (Å²) in [4.78, 5) is 3.69. The van der Waals surface area contributed by atoms with E-state index in [4.69, 9.17) is 10.1 Å². The number of benzene rings is 4. The normalized spacial score (nSPS) is 15.6. The van der Waals surface area contributed by atoms with Gasteiger partial charge in [0.05, 0.1) is 15.4 Å². The van der Waals surface area contributed by atoms with Crippen LogP contribution in [0.5, 0.6) is 0 Å². The molecular weight excluding hydrogens is 737 g/mol. The van der Waals surface area contributed by atoms with E-state index >= 15 is 0 Å². The molecule has 0 unspecified atom stereocenters. The van der Waals surface area contributed by atoms with Gasteiger partial charge in [-0.15, -0.1) is 17.4 Å². The van der Waals surface area contributed by atoms with Crippen LogP contribution < -0.4 is 0 Å². The van der Waals surface area contributed by atoms with E-state index in [2.05, 4.69) is 85.0 Å². The predicted molar refractivity (Wildman–Crippen MR) is 211 cm³/mol. The van der Waals surface area contributed by atoms with E-state index in [9.17, 15) is 25.3 Å². The highest BCUT2D eigenvalue weighted by Gasteiger charge is 2.49. The molecule has 4 aromatic carbocycles. The molecule has 2 aliphatic rings. The number of nitrogens with zero attached hydrogens (tertiary/aromatic N) is 2. The quantitative estimate of drug-likeness (QED) is 0.0511. The molecule has 0 amide bonds. The van der Waals surface area contributed by atoms with Gasteiger partial charge in [-0.2, -0.15) is 8.42 Å². The highest BCUT2D eigenvalue weighted by Crippen LogP contribution is 2.37. The highest BCUT2D eigenvalue weighted by atomic mass is 32.3. The summed E-state index contributed by atoms with van der Waals surface area (Å²) in [5.74, 6) is 0. The standard InChI is InChI=1S/C19H16S.C13H22N2O4S2.C7H8O3S/c1-14-18(20)13-12-17(15-8-4-2-5-9-15)19(14)16-10-6-3-7-11-16;14-15-13(20(16,17)11-7-3-1-4-8-11)21(18,19)12-9-5-2-6-10-12;1-6-2-4-7(5-3-6)11(8,9)10/h2-13,20H,1H3;11-12H,1-10H2;2-5H,1H3,(H,8,9,10). The van der Waals surface area contributed by atoms with Crippen molar-refractivity contribution in [2.45, 2.75) is 98.3 Å². The minimum atomic E-state index is -4.07. The third-order valence-electron chi connectivity index (χ3n) is 9.45. The van der Waals surface area contributed by atoms with Gasteiger partial charge in [0.2, 0.25) is 0 Å². The monoisotopic (exact) mass is 782 g/mol. The van der Waals surface area contributed by atoms with Crippen LogP contribution in [-0.2, 0) is 29.8 Å². The lowest BCUT2D eigenvalue weighted by molar-refractivity contribution is 0.00359. The van der Waals surface area contributed by atoms with E-state index in [1.54, 1.807) is 12.1 Å². The van der Waals surface area contributed by atoms with Crippen LogP contribution in [0, 0.1) is 13.8 Å². The summed E-state index contributed by atoms with van der Waals surface area (Å²) in [6, 6.07) is 31.2. The van der Waals surface area contributed by atoms with Crippen molar-refractivity contribution in [2.24, 2.45) is 0 Å². The number of sulfone groups is 2. The molecule has 1 N–H and O–H groups in total. The first-order valence-electron chi connectivity index (χ1n) is 17.3. The smallest absolute Gasteiger partial charge is 0.359 e. The molecule has 0 heterocycles. The molecule has 52 heavy (non-hydrogen) atoms. The molecule has 4 aromatic rings. The van der Waals surface area contributed by atoms with E-state index < -0.39 is 44.7 Å². The van der Waals surface area contributed by atoms with Crippen LogP contribution in [0.3, 0.4) is 0 Å². The Bertz CT molecular complexity index is 2120. The molecule has 0 aromatic heterocycles. The van der Waals surface area contributed by atoms with Crippen LogP contribution in [-0.4, -0.2) is 49.5 Å². The van der Waals surface area contributed by atoms with Gasteiger partial charge in [0.25, 0.3) is 29.8 Å². The summed E-state index contributed by atoms with van der Waals surface area (Å²) in [6.45, 7) is 3.98. The molecule has 2 fully saturated rings. The minimum absolute atomic E-state index is 0.0666. The van der Waals surface area contributed by atoms with Gasteiger partial charge < -0.3 is 5.53 Å². The lowest BCUT2D eigenvalue weighted by Crippen LogP contribution is -2.40. The molecule has 13 heteroatoms. The molecule has 278 valence electrons. The van der Waals surface area contributed by atoms with Crippen molar-refractivity contribution in [2.75, 3.05) is 0 Å². The molecule has 0 radical (unpaired) electrons. The Kier molecular flexibility index (Phi) is 14.6. The fourth-order valence-corrected chi connectivity index (χ4v) is 12.0. The molecule has 9 nitrogen and oxygen atoms in total. The summed E-state index contributed by atoms with van der Waals surface area (Å²) >= 11 is 4.58. The van der Waals surface area contributed by atoms with Crippen LogP contribution >= 0.6 is 12.6 Å². The van der Waals surface area contributed by atoms with Crippen molar-refractivity contribution in [3.63, 3.8) is 0 Å². The van der Waals surface area contributed by atoms with Gasteiger partial charge in [0, 0.05) is 4.90 Å². The van der Waals surface area contributed by atoms with Crippen LogP contribution in [0.15, 0.2) is 107 Å². The molecule has 2 saturated carbocycles. The Labute approximate surface area is 314 Å². The molecule has 0 saturated heterocycles. The van der Waals surface area contributed by atoms with Gasteiger partial charge in [-0.05, 0) is 85.5 Å². The molecule has 0 bridgehead atoms. The second-order valence-corrected chi connectivity index (χ2v) is 19.6. The number of thiol groups is 1. The lowest BCUT2D eigenvalue weighted by atomic mass is 9.91. The van der Waals surface area contributed by atoms with Crippen molar-refractivity contribution in [1.82, 2.24) is 0 Å². The fourth-order valence-electron chi connectivity index (χ4n) is 6.56. The first kappa shape index (κ1) is 41.2. The van der Waals surface area contributed by atoms with Crippen LogP contribution in [0.2, 0.25) is 0 Å². The van der Waals surface area contributed by atoms with Gasteiger partial charge in [-0.3, -0.25) is 4.55 Å². The Balaban J connectivity index is 0.000000183. The largest absolute Gasteiger partial charge is 0.495 e. The maximum atomic E-state index is 12.5. The van der Waals surface area contributed by atoms with Crippen molar-refractivity contribution in [3.8, 4) is 22.3 Å². The van der Waals surface area contributed by atoms with Gasteiger partial charge in [0.1, 0.15) is 0 Å². The van der Waals surface area contributed by atoms with Gasteiger partial charge in [-0.25, -0.2) is 16.8 Å². The zero-order valence-electron chi connectivity index (χ0n) is 29.4. The number of rotatable bonds is 5. The van der Waals surface area contributed by atoms with E-state index in [0.717, 1.165) is 49.0 Å². The lowest BCUT2D eigenvalue weighted by Gasteiger charge is -2.22. The highest BCUT2D eigenvalue weighted by molar-refractivity contribution is 8.31. The second kappa shape index (κ2) is 18.4. The number of aryl methyl sites for hydroxylation is 1. The van der Waals surface area contributed by atoms with Crippen LogP contribution in [0.1, 0.15) is 75.3 Å². The summed E-state index contributed by atoms with van der Waals surface area (Å²) < 4.78 is 78.7. The second-order valence-electron chi connectivity index (χ2n) is 13.1. The third-order valence-corrected chi connectivity index (χ3v) is 16.0. The molecule has 6 rings (SSSR count). The van der Waals surface area contributed by atoms with Crippen LogP contribution in [0.4, 0.5) is 0 Å². The molecule has 2 aliphatic carbocycles. The van der Waals surface area contributed by atoms with E-state index in [-0.39, 0.29) is 4.90 Å². The molecule has 0 atom stereocenters. The first-order chi connectivity index (χ1) is 24.7. The Morgan fingerprint density at radius 2 is 1.08 bits per heavy atom. The molecule has 0 spiro atoms. The average Bonchev–Trinajstić information content (AvgIpc) is 3.14. The Morgan fingerprint density at radius 1 is 0.635 bits per heavy atom. The average molecular weight is 783 g/mol. The molecular formula is C39H46N2O7S4. The van der Waals surface area contributed by atoms with E-state index in [1.165, 1.54) is 39.9 Å². The van der Waals surface area contributed by atoms with Crippen molar-refractivity contribution >= 4 is 46.8 Å². The van der Waals surface area contributed by atoms with Gasteiger partial charge in [0.15, 0.2) is 0 Å². The van der Waals surface area contributed by atoms with Crippen LogP contribution in [0.25, 0.3) is 27.8 Å². The molecule has 0 aliphatic heterocycles. The maximum absolute atomic E-state index is 12.5. The van der Waals surface area contributed by atoms with Crippen molar-refractivity contribution < 1.29 is 34.6 Å². The minimum Gasteiger partial charge on any atom is -0.359 e. The topological polar surface area (TPSA) is 159 Å².